The predicted octanol–water partition coefficient (Wildman–Crippen LogP) is 2.78. The molecule has 1 aliphatic heterocycles. The Morgan fingerprint density at radius 1 is 1.20 bits per heavy atom. The molecule has 4 nitrogen and oxygen atoms in total. The van der Waals surface area contributed by atoms with Gasteiger partial charge in [-0.2, -0.15) is 0 Å². The average molecular weight is 276 g/mol. The van der Waals surface area contributed by atoms with E-state index in [9.17, 15) is 4.79 Å². The minimum absolute atomic E-state index is 0.324. The van der Waals surface area contributed by atoms with Gasteiger partial charge in [-0.05, 0) is 44.0 Å². The molecule has 1 aromatic carbocycles. The van der Waals surface area contributed by atoms with Crippen LogP contribution < -0.4 is 4.74 Å². The van der Waals surface area contributed by atoms with Crippen LogP contribution in [-0.2, 0) is 6.42 Å². The second-order valence-corrected chi connectivity index (χ2v) is 5.52. The molecule has 0 N–H and O–H groups in total. The van der Waals surface area contributed by atoms with Crippen LogP contribution in [0.4, 0.5) is 4.79 Å². The van der Waals surface area contributed by atoms with Crippen molar-refractivity contribution < 1.29 is 9.53 Å². The van der Waals surface area contributed by atoms with Gasteiger partial charge in [-0.3, -0.25) is 0 Å². The molecule has 1 fully saturated rings. The smallest absolute Gasteiger partial charge is 0.410 e. The van der Waals surface area contributed by atoms with Crippen molar-refractivity contribution in [3.05, 3.63) is 29.8 Å². The van der Waals surface area contributed by atoms with E-state index in [0.717, 1.165) is 18.5 Å². The molecule has 1 saturated heterocycles. The molecule has 0 radical (unpaired) electrons. The lowest BCUT2D eigenvalue weighted by molar-refractivity contribution is 0.171. The first-order valence-electron chi connectivity index (χ1n) is 7.36. The largest absolute Gasteiger partial charge is 0.414 e. The van der Waals surface area contributed by atoms with Crippen LogP contribution in [0.25, 0.3) is 0 Å². The lowest BCUT2D eigenvalue weighted by atomic mass is 10.1. The lowest BCUT2D eigenvalue weighted by Crippen LogP contribution is -2.31. The third-order valence-corrected chi connectivity index (χ3v) is 3.68. The van der Waals surface area contributed by atoms with Crippen molar-refractivity contribution >= 4 is 6.09 Å². The van der Waals surface area contributed by atoms with E-state index in [2.05, 4.69) is 4.90 Å². The van der Waals surface area contributed by atoms with Gasteiger partial charge in [0.15, 0.2) is 0 Å². The molecule has 0 saturated carbocycles. The maximum Gasteiger partial charge on any atom is 0.414 e. The molecular formula is C16H24N2O2. The number of carbonyl (C=O) groups is 1. The monoisotopic (exact) mass is 276 g/mol. The minimum Gasteiger partial charge on any atom is -0.410 e. The van der Waals surface area contributed by atoms with Crippen LogP contribution in [0.1, 0.15) is 24.8 Å². The summed E-state index contributed by atoms with van der Waals surface area (Å²) in [4.78, 5) is 15.6. The van der Waals surface area contributed by atoms with Gasteiger partial charge in [-0.25, -0.2) is 4.79 Å². The van der Waals surface area contributed by atoms with Gasteiger partial charge in [0, 0.05) is 20.6 Å². The Morgan fingerprint density at radius 3 is 2.60 bits per heavy atom. The second-order valence-electron chi connectivity index (χ2n) is 5.52. The molecule has 1 aromatic rings. The normalized spacial score (nSPS) is 15.9. The van der Waals surface area contributed by atoms with Crippen LogP contribution in [0, 0.1) is 0 Å². The molecule has 2 rings (SSSR count). The fourth-order valence-corrected chi connectivity index (χ4v) is 2.46. The van der Waals surface area contributed by atoms with Crippen molar-refractivity contribution in [2.24, 2.45) is 0 Å². The molecule has 110 valence electrons. The number of rotatable bonds is 4. The Labute approximate surface area is 121 Å². The number of hydrogen-bond donors (Lipinski definition) is 0. The maximum absolute atomic E-state index is 11.7. The standard InChI is InChI=1S/C16H24N2O2/c1-17(2)16(19)20-15-9-5-4-8-14(15)10-13-18-11-6-3-7-12-18/h4-5,8-9H,3,6-7,10-13H2,1-2H3. The Balaban J connectivity index is 1.94. The number of carbonyl (C=O) groups excluding carboxylic acids is 1. The predicted molar refractivity (Wildman–Crippen MR) is 80.1 cm³/mol. The Bertz CT molecular complexity index is 440. The van der Waals surface area contributed by atoms with Gasteiger partial charge in [0.1, 0.15) is 5.75 Å². The van der Waals surface area contributed by atoms with E-state index in [1.807, 2.05) is 24.3 Å². The van der Waals surface area contributed by atoms with Crippen LogP contribution in [0.3, 0.4) is 0 Å². The number of nitrogens with zero attached hydrogens (tertiary/aromatic N) is 2. The number of likely N-dealkylation sites (tertiary alicyclic amines) is 1. The first-order valence-corrected chi connectivity index (χ1v) is 7.36. The average Bonchev–Trinajstić information content (AvgIpc) is 2.47. The van der Waals surface area contributed by atoms with Crippen molar-refractivity contribution in [3.8, 4) is 5.75 Å². The van der Waals surface area contributed by atoms with E-state index >= 15 is 0 Å². The van der Waals surface area contributed by atoms with Gasteiger partial charge < -0.3 is 14.5 Å². The van der Waals surface area contributed by atoms with Gasteiger partial charge in [0.2, 0.25) is 0 Å². The first-order chi connectivity index (χ1) is 9.66. The van der Waals surface area contributed by atoms with Crippen molar-refractivity contribution in [3.63, 3.8) is 0 Å². The third-order valence-electron chi connectivity index (χ3n) is 3.68. The van der Waals surface area contributed by atoms with Crippen molar-refractivity contribution in [2.75, 3.05) is 33.7 Å². The van der Waals surface area contributed by atoms with E-state index in [1.165, 1.54) is 37.3 Å². The second kappa shape index (κ2) is 7.29. The summed E-state index contributed by atoms with van der Waals surface area (Å²) >= 11 is 0. The van der Waals surface area contributed by atoms with Gasteiger partial charge in [0.25, 0.3) is 0 Å². The zero-order valence-electron chi connectivity index (χ0n) is 12.5. The molecule has 1 aliphatic rings. The van der Waals surface area contributed by atoms with Crippen molar-refractivity contribution in [1.82, 2.24) is 9.80 Å². The SMILES string of the molecule is CN(C)C(=O)Oc1ccccc1CCN1CCCCC1. The molecule has 1 heterocycles. The molecule has 0 aliphatic carbocycles. The van der Waals surface area contributed by atoms with Crippen molar-refractivity contribution in [1.29, 1.82) is 0 Å². The molecule has 1 amide bonds. The van der Waals surface area contributed by atoms with Crippen LogP contribution >= 0.6 is 0 Å². The molecular weight excluding hydrogens is 252 g/mol. The molecule has 0 spiro atoms. The highest BCUT2D eigenvalue weighted by Crippen LogP contribution is 2.20. The minimum atomic E-state index is -0.324. The van der Waals surface area contributed by atoms with Gasteiger partial charge in [0.05, 0.1) is 0 Å². The summed E-state index contributed by atoms with van der Waals surface area (Å²) in [7, 11) is 3.39. The number of ether oxygens (including phenoxy) is 1. The topological polar surface area (TPSA) is 32.8 Å². The summed E-state index contributed by atoms with van der Waals surface area (Å²) < 4.78 is 5.42. The van der Waals surface area contributed by atoms with Crippen LogP contribution in [-0.4, -0.2) is 49.6 Å². The molecule has 0 aromatic heterocycles. The maximum atomic E-state index is 11.7. The number of benzene rings is 1. The highest BCUT2D eigenvalue weighted by molar-refractivity contribution is 5.70. The first kappa shape index (κ1) is 14.9. The van der Waals surface area contributed by atoms with Crippen LogP contribution in [0.2, 0.25) is 0 Å². The summed E-state index contributed by atoms with van der Waals surface area (Å²) in [5.41, 5.74) is 1.10. The van der Waals surface area contributed by atoms with Crippen LogP contribution in [0.5, 0.6) is 5.75 Å². The Kier molecular flexibility index (Phi) is 5.41. The van der Waals surface area contributed by atoms with E-state index in [0.29, 0.717) is 5.75 Å². The highest BCUT2D eigenvalue weighted by Gasteiger charge is 2.13. The molecule has 20 heavy (non-hydrogen) atoms. The van der Waals surface area contributed by atoms with Gasteiger partial charge >= 0.3 is 6.09 Å². The summed E-state index contributed by atoms with van der Waals surface area (Å²) in [6, 6.07) is 7.82. The van der Waals surface area contributed by atoms with Crippen molar-refractivity contribution in [2.45, 2.75) is 25.7 Å². The number of para-hydroxylation sites is 1. The summed E-state index contributed by atoms with van der Waals surface area (Å²) in [6.07, 6.45) is 4.56. The molecule has 0 bridgehead atoms. The van der Waals surface area contributed by atoms with Gasteiger partial charge in [-0.15, -0.1) is 0 Å². The van der Waals surface area contributed by atoms with E-state index in [1.54, 1.807) is 14.1 Å². The summed E-state index contributed by atoms with van der Waals surface area (Å²) in [6.45, 7) is 3.43. The summed E-state index contributed by atoms with van der Waals surface area (Å²) in [5, 5.41) is 0. The Hall–Kier alpha value is -1.55. The van der Waals surface area contributed by atoms with E-state index in [-0.39, 0.29) is 6.09 Å². The molecule has 4 heteroatoms. The highest BCUT2D eigenvalue weighted by atomic mass is 16.6. The summed E-state index contributed by atoms with van der Waals surface area (Å²) in [5.74, 6) is 0.684. The fraction of sp³-hybridized carbons (Fsp3) is 0.562. The zero-order valence-corrected chi connectivity index (χ0v) is 12.5. The third kappa shape index (κ3) is 4.23. The lowest BCUT2D eigenvalue weighted by Gasteiger charge is -2.26. The van der Waals surface area contributed by atoms with Crippen LogP contribution in [0.15, 0.2) is 24.3 Å². The number of amides is 1. The van der Waals surface area contributed by atoms with E-state index in [4.69, 9.17) is 4.74 Å². The van der Waals surface area contributed by atoms with Gasteiger partial charge in [-0.1, -0.05) is 24.6 Å². The zero-order chi connectivity index (χ0) is 14.4. The fourth-order valence-electron chi connectivity index (χ4n) is 2.46. The quantitative estimate of drug-likeness (QED) is 0.847. The number of hydrogen-bond acceptors (Lipinski definition) is 3. The Morgan fingerprint density at radius 2 is 1.90 bits per heavy atom. The molecule has 0 atom stereocenters. The number of piperidine rings is 1. The van der Waals surface area contributed by atoms with E-state index < -0.39 is 0 Å². The molecule has 0 unspecified atom stereocenters.